The molecule has 1 unspecified atom stereocenters. The minimum Gasteiger partial charge on any atom is -0.386 e. The van der Waals surface area contributed by atoms with E-state index in [0.29, 0.717) is 5.56 Å². The van der Waals surface area contributed by atoms with Gasteiger partial charge in [0.2, 0.25) is 0 Å². The van der Waals surface area contributed by atoms with Crippen molar-refractivity contribution in [1.82, 2.24) is 4.98 Å². The Labute approximate surface area is 92.4 Å². The third kappa shape index (κ3) is 1.52. The van der Waals surface area contributed by atoms with E-state index >= 15 is 0 Å². The molecule has 0 saturated carbocycles. The van der Waals surface area contributed by atoms with Crippen LogP contribution in [0.15, 0.2) is 30.5 Å². The molecule has 0 aliphatic carbocycles. The fourth-order valence-electron chi connectivity index (χ4n) is 1.69. The highest BCUT2D eigenvalue weighted by Crippen LogP contribution is 2.28. The Bertz CT molecular complexity index is 574. The smallest absolute Gasteiger partial charge is 0.163 e. The molecule has 1 atom stereocenters. The molecule has 1 aromatic heterocycles. The standard InChI is InChI=1S/C12H9N3O/c13-5-8(6-14)12(16)10-7-15-11-4-2-1-3-9(10)11/h1-4,7-8,12,15-16H. The van der Waals surface area contributed by atoms with Crippen molar-refractivity contribution in [2.45, 2.75) is 6.10 Å². The van der Waals surface area contributed by atoms with Gasteiger partial charge in [0.1, 0.15) is 6.10 Å². The van der Waals surface area contributed by atoms with Crippen LogP contribution in [-0.2, 0) is 0 Å². The second kappa shape index (κ2) is 4.06. The van der Waals surface area contributed by atoms with Crippen LogP contribution in [0.2, 0.25) is 0 Å². The molecule has 16 heavy (non-hydrogen) atoms. The summed E-state index contributed by atoms with van der Waals surface area (Å²) in [5, 5.41) is 28.2. The van der Waals surface area contributed by atoms with E-state index in [-0.39, 0.29) is 0 Å². The van der Waals surface area contributed by atoms with Crippen LogP contribution in [0, 0.1) is 28.6 Å². The first kappa shape index (κ1) is 10.2. The van der Waals surface area contributed by atoms with Crippen LogP contribution < -0.4 is 0 Å². The Hall–Kier alpha value is -2.30. The van der Waals surface area contributed by atoms with Crippen LogP contribution in [0.5, 0.6) is 0 Å². The number of nitrogens with one attached hydrogen (secondary N) is 1. The van der Waals surface area contributed by atoms with E-state index in [2.05, 4.69) is 4.98 Å². The topological polar surface area (TPSA) is 83.6 Å². The number of fused-ring (bicyclic) bond motifs is 1. The maximum Gasteiger partial charge on any atom is 0.163 e. The van der Waals surface area contributed by atoms with Crippen molar-refractivity contribution in [3.05, 3.63) is 36.0 Å². The second-order valence-electron chi connectivity index (χ2n) is 3.47. The molecule has 0 saturated heterocycles. The molecule has 2 rings (SSSR count). The third-order valence-corrected chi connectivity index (χ3v) is 2.53. The van der Waals surface area contributed by atoms with Gasteiger partial charge in [0.25, 0.3) is 0 Å². The van der Waals surface area contributed by atoms with Crippen molar-refractivity contribution in [3.8, 4) is 12.1 Å². The van der Waals surface area contributed by atoms with Crippen molar-refractivity contribution in [1.29, 1.82) is 10.5 Å². The van der Waals surface area contributed by atoms with E-state index in [1.54, 1.807) is 18.3 Å². The molecule has 4 nitrogen and oxygen atoms in total. The molecule has 0 aliphatic rings. The molecule has 1 aromatic carbocycles. The third-order valence-electron chi connectivity index (χ3n) is 2.53. The summed E-state index contributed by atoms with van der Waals surface area (Å²) in [6, 6.07) is 11.0. The molecule has 0 aliphatic heterocycles. The number of para-hydroxylation sites is 1. The molecule has 1 heterocycles. The van der Waals surface area contributed by atoms with Gasteiger partial charge in [-0.05, 0) is 6.07 Å². The first-order valence-corrected chi connectivity index (χ1v) is 4.81. The van der Waals surface area contributed by atoms with Gasteiger partial charge in [-0.15, -0.1) is 0 Å². The summed E-state index contributed by atoms with van der Waals surface area (Å²) in [5.74, 6) is -1.04. The lowest BCUT2D eigenvalue weighted by atomic mass is 9.98. The van der Waals surface area contributed by atoms with Crippen LogP contribution in [0.1, 0.15) is 11.7 Å². The highest BCUT2D eigenvalue weighted by atomic mass is 16.3. The minimum atomic E-state index is -1.08. The molecule has 0 radical (unpaired) electrons. The summed E-state index contributed by atoms with van der Waals surface area (Å²) in [5.41, 5.74) is 1.47. The lowest BCUT2D eigenvalue weighted by Crippen LogP contribution is -2.07. The van der Waals surface area contributed by atoms with Gasteiger partial charge in [-0.25, -0.2) is 0 Å². The first-order valence-electron chi connectivity index (χ1n) is 4.81. The van der Waals surface area contributed by atoms with Crippen LogP contribution >= 0.6 is 0 Å². The normalized spacial score (nSPS) is 12.2. The molecule has 4 heteroatoms. The quantitative estimate of drug-likeness (QED) is 0.795. The van der Waals surface area contributed by atoms with Crippen LogP contribution in [0.4, 0.5) is 0 Å². The molecule has 0 fully saturated rings. The van der Waals surface area contributed by atoms with Gasteiger partial charge in [0.15, 0.2) is 5.92 Å². The number of nitriles is 2. The zero-order chi connectivity index (χ0) is 11.5. The molecule has 0 spiro atoms. The van der Waals surface area contributed by atoms with Crippen molar-refractivity contribution in [2.24, 2.45) is 5.92 Å². The van der Waals surface area contributed by atoms with Gasteiger partial charge < -0.3 is 10.1 Å². The van der Waals surface area contributed by atoms with Crippen molar-refractivity contribution < 1.29 is 5.11 Å². The predicted octanol–water partition coefficient (Wildman–Crippen LogP) is 1.86. The molecular formula is C12H9N3O. The summed E-state index contributed by atoms with van der Waals surface area (Å²) in [6.45, 7) is 0. The predicted molar refractivity (Wildman–Crippen MR) is 58.0 cm³/mol. The van der Waals surface area contributed by atoms with Crippen LogP contribution in [0.25, 0.3) is 10.9 Å². The lowest BCUT2D eigenvalue weighted by molar-refractivity contribution is 0.158. The van der Waals surface area contributed by atoms with Crippen molar-refractivity contribution >= 4 is 10.9 Å². The Balaban J connectivity index is 2.49. The van der Waals surface area contributed by atoms with Crippen LogP contribution in [0.3, 0.4) is 0 Å². The maximum atomic E-state index is 9.90. The van der Waals surface area contributed by atoms with E-state index in [0.717, 1.165) is 10.9 Å². The number of benzene rings is 1. The van der Waals surface area contributed by atoms with Gasteiger partial charge in [0.05, 0.1) is 12.1 Å². The zero-order valence-electron chi connectivity index (χ0n) is 8.38. The number of rotatable bonds is 2. The van der Waals surface area contributed by atoms with Crippen molar-refractivity contribution in [3.63, 3.8) is 0 Å². The Morgan fingerprint density at radius 3 is 2.56 bits per heavy atom. The molecule has 2 N–H and O–H groups in total. The fourth-order valence-corrected chi connectivity index (χ4v) is 1.69. The van der Waals surface area contributed by atoms with E-state index < -0.39 is 12.0 Å². The number of nitrogens with zero attached hydrogens (tertiary/aromatic N) is 2. The summed E-state index contributed by atoms with van der Waals surface area (Å²) < 4.78 is 0. The summed E-state index contributed by atoms with van der Waals surface area (Å²) in [4.78, 5) is 2.99. The number of aliphatic hydroxyl groups is 1. The Morgan fingerprint density at radius 1 is 1.19 bits per heavy atom. The van der Waals surface area contributed by atoms with Gasteiger partial charge in [-0.1, -0.05) is 18.2 Å². The zero-order valence-corrected chi connectivity index (χ0v) is 8.38. The first-order chi connectivity index (χ1) is 7.77. The Kier molecular flexibility index (Phi) is 2.59. The summed E-state index contributed by atoms with van der Waals surface area (Å²) in [7, 11) is 0. The molecular weight excluding hydrogens is 202 g/mol. The number of aromatic nitrogens is 1. The van der Waals surface area contributed by atoms with Crippen molar-refractivity contribution in [2.75, 3.05) is 0 Å². The average Bonchev–Trinajstić information content (AvgIpc) is 2.74. The van der Waals surface area contributed by atoms with E-state index in [1.807, 2.05) is 24.3 Å². The van der Waals surface area contributed by atoms with Gasteiger partial charge in [-0.3, -0.25) is 0 Å². The number of aromatic amines is 1. The van der Waals surface area contributed by atoms with E-state index in [1.165, 1.54) is 0 Å². The maximum absolute atomic E-state index is 9.90. The monoisotopic (exact) mass is 211 g/mol. The van der Waals surface area contributed by atoms with Gasteiger partial charge in [0, 0.05) is 22.7 Å². The number of H-pyrrole nitrogens is 1. The summed E-state index contributed by atoms with van der Waals surface area (Å²) in [6.07, 6.45) is 0.558. The fraction of sp³-hybridized carbons (Fsp3) is 0.167. The number of aliphatic hydroxyl groups excluding tert-OH is 1. The molecule has 0 bridgehead atoms. The molecule has 0 amide bonds. The van der Waals surface area contributed by atoms with E-state index in [4.69, 9.17) is 10.5 Å². The summed E-state index contributed by atoms with van der Waals surface area (Å²) >= 11 is 0. The SMILES string of the molecule is N#CC(C#N)C(O)c1c[nH]c2ccccc12. The van der Waals surface area contributed by atoms with Crippen LogP contribution in [-0.4, -0.2) is 10.1 Å². The molecule has 2 aromatic rings. The second-order valence-corrected chi connectivity index (χ2v) is 3.47. The minimum absolute atomic E-state index is 0.587. The van der Waals surface area contributed by atoms with E-state index in [9.17, 15) is 5.11 Å². The largest absolute Gasteiger partial charge is 0.386 e. The Morgan fingerprint density at radius 2 is 1.88 bits per heavy atom. The number of hydrogen-bond donors (Lipinski definition) is 2. The van der Waals surface area contributed by atoms with Gasteiger partial charge in [-0.2, -0.15) is 10.5 Å². The average molecular weight is 211 g/mol. The molecule has 78 valence electrons. The highest BCUT2D eigenvalue weighted by Gasteiger charge is 2.22. The van der Waals surface area contributed by atoms with Gasteiger partial charge >= 0.3 is 0 Å². The number of hydrogen-bond acceptors (Lipinski definition) is 3. The lowest BCUT2D eigenvalue weighted by Gasteiger charge is -2.08. The highest BCUT2D eigenvalue weighted by molar-refractivity contribution is 5.83.